The molecule has 2 aromatic carbocycles. The van der Waals surface area contributed by atoms with Crippen LogP contribution >= 0.6 is 0 Å². The Bertz CT molecular complexity index is 1240. The normalized spacial score (nSPS) is 16.5. The van der Waals surface area contributed by atoms with E-state index in [9.17, 15) is 4.79 Å². The second-order valence-corrected chi connectivity index (χ2v) is 11.5. The summed E-state index contributed by atoms with van der Waals surface area (Å²) >= 11 is 0. The van der Waals surface area contributed by atoms with E-state index in [2.05, 4.69) is 76.2 Å². The summed E-state index contributed by atoms with van der Waals surface area (Å²) < 4.78 is 0. The van der Waals surface area contributed by atoms with Crippen molar-refractivity contribution in [1.29, 1.82) is 0 Å². The summed E-state index contributed by atoms with van der Waals surface area (Å²) in [6, 6.07) is 15.9. The predicted molar refractivity (Wildman–Crippen MR) is 162 cm³/mol. The zero-order valence-corrected chi connectivity index (χ0v) is 24.0. The van der Waals surface area contributed by atoms with E-state index in [1.807, 2.05) is 6.08 Å². The molecule has 0 amide bonds. The van der Waals surface area contributed by atoms with Crippen molar-refractivity contribution in [1.82, 2.24) is 0 Å². The minimum absolute atomic E-state index is 0.170. The van der Waals surface area contributed by atoms with Gasteiger partial charge in [-0.15, -0.1) is 0 Å². The zero-order valence-electron chi connectivity index (χ0n) is 24.0. The first-order valence-electron chi connectivity index (χ1n) is 14.7. The van der Waals surface area contributed by atoms with Gasteiger partial charge in [-0.2, -0.15) is 0 Å². The topological polar surface area (TPSA) is 29.4 Å². The molecule has 2 aliphatic rings. The number of carbonyl (C=O) groups is 1. The van der Waals surface area contributed by atoms with Gasteiger partial charge in [-0.1, -0.05) is 87.2 Å². The molecule has 0 fully saturated rings. The molecule has 2 aromatic rings. The van der Waals surface area contributed by atoms with Crippen molar-refractivity contribution < 1.29 is 4.79 Å². The minimum Gasteiger partial charge on any atom is -0.294 e. The van der Waals surface area contributed by atoms with Crippen molar-refractivity contribution in [3.05, 3.63) is 105 Å². The number of allylic oxidation sites excluding steroid dienone is 4. The summed E-state index contributed by atoms with van der Waals surface area (Å²) in [6.45, 7) is 8.96. The predicted octanol–water partition coefficient (Wildman–Crippen LogP) is 9.18. The first-order chi connectivity index (χ1) is 18.4. The maximum Gasteiger partial charge on any atom is 0.159 e. The van der Waals surface area contributed by atoms with Gasteiger partial charge in [-0.05, 0) is 110 Å². The van der Waals surface area contributed by atoms with Crippen LogP contribution in [0.4, 0.5) is 0 Å². The van der Waals surface area contributed by atoms with Gasteiger partial charge in [0.05, 0.1) is 5.70 Å². The van der Waals surface area contributed by atoms with Gasteiger partial charge in [0.25, 0.3) is 0 Å². The Morgan fingerprint density at radius 1 is 0.921 bits per heavy atom. The molecule has 2 heteroatoms. The molecule has 1 aliphatic heterocycles. The standard InChI is InChI=1S/C36H45NO/c1-5-8-26(2)9-6-10-29-15-17-30(18-16-29)19-21-34-12-7-11-31-20-22-35(38)25-33(36(31)37-34)24-32-23-27(3)13-14-28(32)4/h11,13-18,20,22-23,26H,5-10,12,19,21,24-25H2,1-4H3. The second kappa shape index (κ2) is 13.7. The Balaban J connectivity index is 1.46. The lowest BCUT2D eigenvalue weighted by atomic mass is 9.94. The van der Waals surface area contributed by atoms with Gasteiger partial charge in [0.15, 0.2) is 5.78 Å². The molecular formula is C36H45NO. The number of benzene rings is 2. The highest BCUT2D eigenvalue weighted by atomic mass is 16.1. The highest BCUT2D eigenvalue weighted by molar-refractivity contribution is 5.94. The van der Waals surface area contributed by atoms with Gasteiger partial charge in [0.1, 0.15) is 0 Å². The van der Waals surface area contributed by atoms with Crippen LogP contribution in [0.2, 0.25) is 0 Å². The highest BCUT2D eigenvalue weighted by Crippen LogP contribution is 2.31. The highest BCUT2D eigenvalue weighted by Gasteiger charge is 2.20. The summed E-state index contributed by atoms with van der Waals surface area (Å²) in [7, 11) is 0. The molecule has 1 unspecified atom stereocenters. The maximum atomic E-state index is 12.6. The fourth-order valence-electron chi connectivity index (χ4n) is 5.74. The maximum absolute atomic E-state index is 12.6. The van der Waals surface area contributed by atoms with E-state index in [1.54, 1.807) is 6.08 Å². The lowest BCUT2D eigenvalue weighted by molar-refractivity contribution is -0.114. The lowest BCUT2D eigenvalue weighted by Crippen LogP contribution is -2.05. The van der Waals surface area contributed by atoms with Gasteiger partial charge in [-0.3, -0.25) is 9.79 Å². The van der Waals surface area contributed by atoms with Crippen LogP contribution in [0.3, 0.4) is 0 Å². The number of carbonyl (C=O) groups excluding carboxylic acids is 1. The molecule has 4 rings (SSSR count). The Morgan fingerprint density at radius 2 is 1.68 bits per heavy atom. The molecule has 38 heavy (non-hydrogen) atoms. The van der Waals surface area contributed by atoms with Crippen molar-refractivity contribution in [2.45, 2.75) is 98.3 Å². The number of aryl methyl sites for hydroxylation is 4. The van der Waals surface area contributed by atoms with E-state index >= 15 is 0 Å². The molecule has 0 saturated heterocycles. The second-order valence-electron chi connectivity index (χ2n) is 11.5. The number of nitrogens with zero attached hydrogens (tertiary/aromatic N) is 1. The molecule has 1 heterocycles. The summed E-state index contributed by atoms with van der Waals surface area (Å²) in [5.74, 6) is 1.01. The summed E-state index contributed by atoms with van der Waals surface area (Å²) in [4.78, 5) is 17.9. The summed E-state index contributed by atoms with van der Waals surface area (Å²) in [5, 5.41) is 0. The molecule has 0 aromatic heterocycles. The van der Waals surface area contributed by atoms with E-state index in [-0.39, 0.29) is 5.78 Å². The Labute approximate surface area is 230 Å². The molecular weight excluding hydrogens is 462 g/mol. The molecule has 2 nitrogen and oxygen atoms in total. The lowest BCUT2D eigenvalue weighted by Gasteiger charge is -2.14. The fourth-order valence-corrected chi connectivity index (χ4v) is 5.74. The third-order valence-electron chi connectivity index (χ3n) is 8.09. The zero-order chi connectivity index (χ0) is 26.9. The van der Waals surface area contributed by atoms with Crippen molar-refractivity contribution in [3.8, 4) is 0 Å². The van der Waals surface area contributed by atoms with Crippen LogP contribution in [0, 0.1) is 19.8 Å². The first-order valence-corrected chi connectivity index (χ1v) is 14.7. The van der Waals surface area contributed by atoms with Crippen LogP contribution < -0.4 is 0 Å². The van der Waals surface area contributed by atoms with Crippen LogP contribution in [-0.2, 0) is 24.1 Å². The van der Waals surface area contributed by atoms with Crippen molar-refractivity contribution in [3.63, 3.8) is 0 Å². The largest absolute Gasteiger partial charge is 0.294 e. The average molecular weight is 508 g/mol. The molecule has 1 aliphatic carbocycles. The molecule has 1 atom stereocenters. The summed E-state index contributed by atoms with van der Waals surface area (Å²) in [5.41, 5.74) is 11.2. The Morgan fingerprint density at radius 3 is 2.45 bits per heavy atom. The van der Waals surface area contributed by atoms with Crippen molar-refractivity contribution >= 4 is 11.5 Å². The van der Waals surface area contributed by atoms with Crippen LogP contribution in [0.1, 0.15) is 93.0 Å². The number of hydrogen-bond donors (Lipinski definition) is 0. The van der Waals surface area contributed by atoms with Gasteiger partial charge < -0.3 is 0 Å². The van der Waals surface area contributed by atoms with E-state index in [1.165, 1.54) is 65.6 Å². The number of aliphatic imine (C=N–C) groups is 1. The van der Waals surface area contributed by atoms with E-state index in [0.29, 0.717) is 6.42 Å². The molecule has 0 radical (unpaired) electrons. The molecule has 0 bridgehead atoms. The van der Waals surface area contributed by atoms with Crippen LogP contribution in [0.5, 0.6) is 0 Å². The monoisotopic (exact) mass is 507 g/mol. The van der Waals surface area contributed by atoms with Crippen molar-refractivity contribution in [2.24, 2.45) is 10.9 Å². The quantitative estimate of drug-likeness (QED) is 0.298. The third-order valence-corrected chi connectivity index (χ3v) is 8.09. The Hall–Kier alpha value is -3.00. The molecule has 0 N–H and O–H groups in total. The number of fused-ring (bicyclic) bond motifs is 1. The third kappa shape index (κ3) is 8.00. The van der Waals surface area contributed by atoms with Gasteiger partial charge in [0, 0.05) is 12.1 Å². The first kappa shape index (κ1) is 28.0. The number of hydrogen-bond acceptors (Lipinski definition) is 2. The molecule has 0 spiro atoms. The van der Waals surface area contributed by atoms with Crippen LogP contribution in [0.25, 0.3) is 0 Å². The SMILES string of the molecule is CCCC(C)CCCc1ccc(CCC2=NC3=C(Cc4cc(C)ccc4C)CC(=O)C=CC3=CCC2)cc1. The Kier molecular flexibility index (Phi) is 10.1. The number of ketones is 1. The van der Waals surface area contributed by atoms with Gasteiger partial charge >= 0.3 is 0 Å². The van der Waals surface area contributed by atoms with Crippen molar-refractivity contribution in [2.75, 3.05) is 0 Å². The number of rotatable bonds is 11. The van der Waals surface area contributed by atoms with Gasteiger partial charge in [-0.25, -0.2) is 0 Å². The molecule has 0 saturated carbocycles. The van der Waals surface area contributed by atoms with E-state index in [4.69, 9.17) is 4.99 Å². The smallest absolute Gasteiger partial charge is 0.159 e. The average Bonchev–Trinajstić information content (AvgIpc) is 3.18. The van der Waals surface area contributed by atoms with E-state index in [0.717, 1.165) is 54.9 Å². The minimum atomic E-state index is 0.170. The van der Waals surface area contributed by atoms with Crippen LogP contribution in [0.15, 0.2) is 82.5 Å². The summed E-state index contributed by atoms with van der Waals surface area (Å²) in [6.07, 6.45) is 17.6. The van der Waals surface area contributed by atoms with Crippen LogP contribution in [-0.4, -0.2) is 11.5 Å². The van der Waals surface area contributed by atoms with Gasteiger partial charge in [0.2, 0.25) is 0 Å². The fraction of sp³-hybridized carbons (Fsp3) is 0.444. The van der Waals surface area contributed by atoms with E-state index < -0.39 is 0 Å². The molecule has 200 valence electrons.